The van der Waals surface area contributed by atoms with Gasteiger partial charge in [0, 0.05) is 13.1 Å². The molecule has 0 atom stereocenters. The summed E-state index contributed by atoms with van der Waals surface area (Å²) in [5.74, 6) is 0. The predicted molar refractivity (Wildman–Crippen MR) is 59.0 cm³/mol. The molecule has 0 spiro atoms. The summed E-state index contributed by atoms with van der Waals surface area (Å²) in [5, 5.41) is -0.0346. The third-order valence-electron chi connectivity index (χ3n) is 3.63. The minimum absolute atomic E-state index is 0.0346. The lowest BCUT2D eigenvalue weighted by Crippen LogP contribution is -2.38. The maximum atomic E-state index is 11.9. The van der Waals surface area contributed by atoms with E-state index in [0.29, 0.717) is 0 Å². The summed E-state index contributed by atoms with van der Waals surface area (Å²) in [6.07, 6.45) is 6.28. The van der Waals surface area contributed by atoms with E-state index in [9.17, 15) is 8.42 Å². The van der Waals surface area contributed by atoms with Gasteiger partial charge in [-0.25, -0.2) is 12.7 Å². The van der Waals surface area contributed by atoms with Crippen molar-refractivity contribution in [2.45, 2.75) is 43.8 Å². The van der Waals surface area contributed by atoms with Crippen molar-refractivity contribution in [3.05, 3.63) is 11.1 Å². The molecule has 4 heteroatoms. The molecule has 3 rings (SSSR count). The molecule has 2 saturated carbocycles. The van der Waals surface area contributed by atoms with Gasteiger partial charge in [-0.3, -0.25) is 0 Å². The average molecular weight is 227 g/mol. The van der Waals surface area contributed by atoms with Crippen LogP contribution in [0.15, 0.2) is 11.1 Å². The Morgan fingerprint density at radius 2 is 1.47 bits per heavy atom. The largest absolute Gasteiger partial charge is 0.217 e. The van der Waals surface area contributed by atoms with Crippen LogP contribution >= 0.6 is 0 Å². The van der Waals surface area contributed by atoms with Gasteiger partial charge in [0.2, 0.25) is 10.0 Å². The fourth-order valence-corrected chi connectivity index (χ4v) is 4.20. The van der Waals surface area contributed by atoms with Gasteiger partial charge in [-0.05, 0) is 38.5 Å². The number of hydrogen-bond acceptors (Lipinski definition) is 2. The zero-order valence-corrected chi connectivity index (χ0v) is 9.72. The molecule has 1 saturated heterocycles. The van der Waals surface area contributed by atoms with Crippen molar-refractivity contribution in [1.29, 1.82) is 0 Å². The van der Waals surface area contributed by atoms with Crippen molar-refractivity contribution in [2.24, 2.45) is 0 Å². The Morgan fingerprint density at radius 1 is 0.933 bits per heavy atom. The Kier molecular flexibility index (Phi) is 2.18. The zero-order valence-electron chi connectivity index (χ0n) is 8.91. The van der Waals surface area contributed by atoms with Gasteiger partial charge >= 0.3 is 0 Å². The molecule has 2 aliphatic carbocycles. The first-order valence-electron chi connectivity index (χ1n) is 5.86. The monoisotopic (exact) mass is 227 g/mol. The first-order valence-corrected chi connectivity index (χ1v) is 7.37. The first-order chi connectivity index (χ1) is 7.18. The molecule has 15 heavy (non-hydrogen) atoms. The quantitative estimate of drug-likeness (QED) is 0.673. The lowest BCUT2D eigenvalue weighted by Gasteiger charge is -2.27. The SMILES string of the molecule is O=S(=O)(C1CC1)N1CCC(=C2CC2)CC1. The van der Waals surface area contributed by atoms with E-state index in [4.69, 9.17) is 0 Å². The maximum Gasteiger partial charge on any atom is 0.217 e. The minimum atomic E-state index is -2.91. The Labute approximate surface area is 91.2 Å². The number of hydrogen-bond donors (Lipinski definition) is 0. The first kappa shape index (κ1) is 9.85. The van der Waals surface area contributed by atoms with Gasteiger partial charge in [0.1, 0.15) is 0 Å². The summed E-state index contributed by atoms with van der Waals surface area (Å²) in [5.41, 5.74) is 3.16. The van der Waals surface area contributed by atoms with Crippen LogP contribution in [0, 0.1) is 0 Å². The van der Waals surface area contributed by atoms with Crippen LogP contribution in [-0.2, 0) is 10.0 Å². The van der Waals surface area contributed by atoms with Crippen molar-refractivity contribution in [2.75, 3.05) is 13.1 Å². The van der Waals surface area contributed by atoms with Crippen molar-refractivity contribution in [3.8, 4) is 0 Å². The lowest BCUT2D eigenvalue weighted by molar-refractivity contribution is 0.385. The van der Waals surface area contributed by atoms with Crippen LogP contribution in [0.4, 0.5) is 0 Å². The molecular formula is C11H17NO2S. The predicted octanol–water partition coefficient (Wildman–Crippen LogP) is 1.66. The van der Waals surface area contributed by atoms with Gasteiger partial charge in [0.15, 0.2) is 0 Å². The van der Waals surface area contributed by atoms with Crippen molar-refractivity contribution < 1.29 is 8.42 Å². The second kappa shape index (κ2) is 3.32. The molecule has 0 aromatic carbocycles. The van der Waals surface area contributed by atoms with Gasteiger partial charge in [-0.2, -0.15) is 0 Å². The highest BCUT2D eigenvalue weighted by Crippen LogP contribution is 2.38. The molecule has 0 unspecified atom stereocenters. The van der Waals surface area contributed by atoms with E-state index in [-0.39, 0.29) is 5.25 Å². The molecule has 0 aromatic rings. The molecule has 84 valence electrons. The molecule has 0 N–H and O–H groups in total. The molecule has 1 aliphatic heterocycles. The van der Waals surface area contributed by atoms with Crippen LogP contribution in [0.1, 0.15) is 38.5 Å². The summed E-state index contributed by atoms with van der Waals surface area (Å²) in [6.45, 7) is 1.47. The molecule has 0 bridgehead atoms. The summed E-state index contributed by atoms with van der Waals surface area (Å²) in [6, 6.07) is 0. The molecule has 0 aromatic heterocycles. The smallest absolute Gasteiger partial charge is 0.212 e. The van der Waals surface area contributed by atoms with E-state index in [1.165, 1.54) is 12.8 Å². The van der Waals surface area contributed by atoms with Gasteiger partial charge in [-0.15, -0.1) is 0 Å². The van der Waals surface area contributed by atoms with Crippen LogP contribution in [0.25, 0.3) is 0 Å². The fourth-order valence-electron chi connectivity index (χ4n) is 2.36. The van der Waals surface area contributed by atoms with Crippen LogP contribution in [0.5, 0.6) is 0 Å². The molecule has 0 radical (unpaired) electrons. The number of allylic oxidation sites excluding steroid dienone is 1. The molecule has 3 aliphatic rings. The highest BCUT2D eigenvalue weighted by Gasteiger charge is 2.40. The Hall–Kier alpha value is -0.350. The highest BCUT2D eigenvalue weighted by molar-refractivity contribution is 7.90. The molecular weight excluding hydrogens is 210 g/mol. The number of rotatable bonds is 2. The third-order valence-corrected chi connectivity index (χ3v) is 6.03. The van der Waals surface area contributed by atoms with E-state index in [0.717, 1.165) is 38.8 Å². The number of nitrogens with zero attached hydrogens (tertiary/aromatic N) is 1. The normalized spacial score (nSPS) is 28.3. The fraction of sp³-hybridized carbons (Fsp3) is 0.818. The van der Waals surface area contributed by atoms with E-state index in [2.05, 4.69) is 0 Å². The second-order valence-corrected chi connectivity index (χ2v) is 7.06. The van der Waals surface area contributed by atoms with Gasteiger partial charge < -0.3 is 0 Å². The number of sulfonamides is 1. The molecule has 3 nitrogen and oxygen atoms in total. The molecule has 1 heterocycles. The highest BCUT2D eigenvalue weighted by atomic mass is 32.2. The van der Waals surface area contributed by atoms with Crippen LogP contribution in [0.3, 0.4) is 0 Å². The van der Waals surface area contributed by atoms with Gasteiger partial charge in [0.05, 0.1) is 5.25 Å². The van der Waals surface area contributed by atoms with Crippen molar-refractivity contribution in [1.82, 2.24) is 4.31 Å². The van der Waals surface area contributed by atoms with Crippen LogP contribution < -0.4 is 0 Å². The average Bonchev–Trinajstić information content (AvgIpc) is 3.06. The van der Waals surface area contributed by atoms with Crippen LogP contribution in [0.2, 0.25) is 0 Å². The summed E-state index contributed by atoms with van der Waals surface area (Å²) in [4.78, 5) is 0. The minimum Gasteiger partial charge on any atom is -0.212 e. The third kappa shape index (κ3) is 1.85. The zero-order chi connectivity index (χ0) is 10.5. The molecule has 0 amide bonds. The van der Waals surface area contributed by atoms with Gasteiger partial charge in [0.25, 0.3) is 0 Å². The number of piperidine rings is 1. The topological polar surface area (TPSA) is 37.4 Å². The second-order valence-electron chi connectivity index (χ2n) is 4.85. The van der Waals surface area contributed by atoms with E-state index in [1.54, 1.807) is 15.5 Å². The molecule has 3 fully saturated rings. The summed E-state index contributed by atoms with van der Waals surface area (Å²) in [7, 11) is -2.91. The lowest BCUT2D eigenvalue weighted by atomic mass is 10.1. The van der Waals surface area contributed by atoms with Crippen molar-refractivity contribution >= 4 is 10.0 Å². The van der Waals surface area contributed by atoms with E-state index in [1.807, 2.05) is 0 Å². The summed E-state index contributed by atoms with van der Waals surface area (Å²) < 4.78 is 25.6. The Balaban J connectivity index is 1.68. The Bertz CT molecular complexity index is 390. The maximum absolute atomic E-state index is 11.9. The standard InChI is InChI=1S/C11H17NO2S/c13-15(14,11-3-4-11)12-7-5-10(6-8-12)9-1-2-9/h11H,1-8H2. The van der Waals surface area contributed by atoms with Crippen LogP contribution in [-0.4, -0.2) is 31.1 Å². The van der Waals surface area contributed by atoms with Crippen molar-refractivity contribution in [3.63, 3.8) is 0 Å². The Morgan fingerprint density at radius 3 is 1.93 bits per heavy atom. The van der Waals surface area contributed by atoms with E-state index >= 15 is 0 Å². The summed E-state index contributed by atoms with van der Waals surface area (Å²) >= 11 is 0. The van der Waals surface area contributed by atoms with E-state index < -0.39 is 10.0 Å². The van der Waals surface area contributed by atoms with Gasteiger partial charge in [-0.1, -0.05) is 11.1 Å².